The highest BCUT2D eigenvalue weighted by atomic mass is 79.9. The lowest BCUT2D eigenvalue weighted by molar-refractivity contribution is 0.0601. The van der Waals surface area contributed by atoms with Crippen LogP contribution in [0.25, 0.3) is 0 Å². The van der Waals surface area contributed by atoms with Crippen molar-refractivity contribution >= 4 is 43.5 Å². The van der Waals surface area contributed by atoms with Crippen LogP contribution in [-0.2, 0) is 11.3 Å². The van der Waals surface area contributed by atoms with Crippen LogP contribution in [0.5, 0.6) is 0 Å². The molecule has 0 amide bonds. The summed E-state index contributed by atoms with van der Waals surface area (Å²) >= 11 is 6.81. The first-order valence-corrected chi connectivity index (χ1v) is 7.41. The standard InChI is InChI=1S/C14H12Br2N2O2/c1-20-14(19)11-6-9(15)7-12(16)13(11)18-8-10-4-2-3-5-17-10/h2-7,18H,8H2,1H3. The molecule has 0 radical (unpaired) electrons. The van der Waals surface area contributed by atoms with Crippen LogP contribution in [-0.4, -0.2) is 18.1 Å². The van der Waals surface area contributed by atoms with Crippen molar-refractivity contribution in [3.63, 3.8) is 0 Å². The van der Waals surface area contributed by atoms with E-state index < -0.39 is 5.97 Å². The molecule has 0 saturated carbocycles. The Kier molecular flexibility index (Phi) is 5.14. The molecular weight excluding hydrogens is 388 g/mol. The molecule has 104 valence electrons. The Balaban J connectivity index is 2.28. The number of esters is 1. The fourth-order valence-electron chi connectivity index (χ4n) is 1.71. The first-order valence-electron chi connectivity index (χ1n) is 5.83. The monoisotopic (exact) mass is 398 g/mol. The highest BCUT2D eigenvalue weighted by Crippen LogP contribution is 2.31. The number of anilines is 1. The number of halogens is 2. The Hall–Kier alpha value is -1.40. The zero-order valence-electron chi connectivity index (χ0n) is 10.7. The zero-order chi connectivity index (χ0) is 14.5. The van der Waals surface area contributed by atoms with E-state index in [0.29, 0.717) is 17.8 Å². The van der Waals surface area contributed by atoms with E-state index in [1.807, 2.05) is 24.3 Å². The summed E-state index contributed by atoms with van der Waals surface area (Å²) in [5.41, 5.74) is 2.04. The van der Waals surface area contributed by atoms with Crippen LogP contribution in [0.2, 0.25) is 0 Å². The number of carbonyl (C=O) groups is 1. The molecule has 4 nitrogen and oxygen atoms in total. The number of rotatable bonds is 4. The summed E-state index contributed by atoms with van der Waals surface area (Å²) < 4.78 is 6.38. The maximum absolute atomic E-state index is 11.8. The van der Waals surface area contributed by atoms with E-state index >= 15 is 0 Å². The average molecular weight is 400 g/mol. The number of hydrogen-bond acceptors (Lipinski definition) is 4. The Labute approximate surface area is 133 Å². The van der Waals surface area contributed by atoms with Gasteiger partial charge in [0.25, 0.3) is 0 Å². The van der Waals surface area contributed by atoms with Crippen molar-refractivity contribution in [2.45, 2.75) is 6.54 Å². The third kappa shape index (κ3) is 3.58. The van der Waals surface area contributed by atoms with Crippen molar-refractivity contribution in [2.24, 2.45) is 0 Å². The molecule has 0 fully saturated rings. The molecule has 1 aromatic heterocycles. The number of methoxy groups -OCH3 is 1. The third-order valence-electron chi connectivity index (χ3n) is 2.63. The second kappa shape index (κ2) is 6.85. The van der Waals surface area contributed by atoms with Crippen molar-refractivity contribution in [2.75, 3.05) is 12.4 Å². The Bertz CT molecular complexity index is 618. The lowest BCUT2D eigenvalue weighted by atomic mass is 10.1. The van der Waals surface area contributed by atoms with Gasteiger partial charge in [0, 0.05) is 15.1 Å². The normalized spacial score (nSPS) is 10.2. The maximum Gasteiger partial charge on any atom is 0.340 e. The summed E-state index contributed by atoms with van der Waals surface area (Å²) in [6, 6.07) is 9.28. The second-order valence-corrected chi connectivity index (χ2v) is 5.75. The number of hydrogen-bond donors (Lipinski definition) is 1. The Morgan fingerprint density at radius 3 is 2.80 bits per heavy atom. The Morgan fingerprint density at radius 2 is 2.15 bits per heavy atom. The predicted octanol–water partition coefficient (Wildman–Crippen LogP) is 4.01. The smallest absolute Gasteiger partial charge is 0.340 e. The number of pyridine rings is 1. The van der Waals surface area contributed by atoms with Crippen molar-refractivity contribution in [1.29, 1.82) is 0 Å². The molecule has 0 saturated heterocycles. The van der Waals surface area contributed by atoms with E-state index in [1.165, 1.54) is 7.11 Å². The minimum Gasteiger partial charge on any atom is -0.465 e. The molecule has 1 N–H and O–H groups in total. The molecule has 0 unspecified atom stereocenters. The number of ether oxygens (including phenoxy) is 1. The first kappa shape index (κ1) is 15.0. The predicted molar refractivity (Wildman–Crippen MR) is 84.7 cm³/mol. The van der Waals surface area contributed by atoms with Crippen molar-refractivity contribution in [1.82, 2.24) is 4.98 Å². The van der Waals surface area contributed by atoms with Crippen molar-refractivity contribution in [3.8, 4) is 0 Å². The molecule has 0 spiro atoms. The SMILES string of the molecule is COC(=O)c1cc(Br)cc(Br)c1NCc1ccccn1. The first-order chi connectivity index (χ1) is 9.61. The molecule has 6 heteroatoms. The fourth-order valence-corrected chi connectivity index (χ4v) is 3.07. The van der Waals surface area contributed by atoms with E-state index in [9.17, 15) is 4.79 Å². The molecule has 1 heterocycles. The summed E-state index contributed by atoms with van der Waals surface area (Å²) in [7, 11) is 1.36. The third-order valence-corrected chi connectivity index (χ3v) is 3.72. The largest absolute Gasteiger partial charge is 0.465 e. The van der Waals surface area contributed by atoms with E-state index in [0.717, 1.165) is 14.6 Å². The highest BCUT2D eigenvalue weighted by molar-refractivity contribution is 9.11. The van der Waals surface area contributed by atoms with Gasteiger partial charge >= 0.3 is 5.97 Å². The van der Waals surface area contributed by atoms with Gasteiger partial charge in [0.1, 0.15) is 0 Å². The van der Waals surface area contributed by atoms with Gasteiger partial charge in [-0.3, -0.25) is 4.98 Å². The lowest BCUT2D eigenvalue weighted by Gasteiger charge is -2.13. The van der Waals surface area contributed by atoms with Crippen molar-refractivity contribution in [3.05, 3.63) is 56.7 Å². The molecule has 20 heavy (non-hydrogen) atoms. The van der Waals surface area contributed by atoms with Crippen molar-refractivity contribution < 1.29 is 9.53 Å². The van der Waals surface area contributed by atoms with Crippen LogP contribution in [0.4, 0.5) is 5.69 Å². The zero-order valence-corrected chi connectivity index (χ0v) is 13.9. The average Bonchev–Trinajstić information content (AvgIpc) is 2.46. The quantitative estimate of drug-likeness (QED) is 0.789. The van der Waals surface area contributed by atoms with Gasteiger partial charge in [0.2, 0.25) is 0 Å². The van der Waals surface area contributed by atoms with Crippen LogP contribution in [0.15, 0.2) is 45.5 Å². The molecule has 1 aromatic carbocycles. The highest BCUT2D eigenvalue weighted by Gasteiger charge is 2.16. The van der Waals surface area contributed by atoms with Crippen LogP contribution in [0.3, 0.4) is 0 Å². The minimum atomic E-state index is -0.393. The summed E-state index contributed by atoms with van der Waals surface area (Å²) in [5, 5.41) is 3.21. The molecule has 0 aliphatic rings. The molecular formula is C14H12Br2N2O2. The van der Waals surface area contributed by atoms with Gasteiger partial charge in [-0.25, -0.2) is 4.79 Å². The molecule has 0 bridgehead atoms. The summed E-state index contributed by atoms with van der Waals surface area (Å²) in [6.07, 6.45) is 1.73. The second-order valence-electron chi connectivity index (χ2n) is 3.98. The number of benzene rings is 1. The molecule has 2 aromatic rings. The minimum absolute atomic E-state index is 0.393. The topological polar surface area (TPSA) is 51.2 Å². The van der Waals surface area contributed by atoms with Gasteiger partial charge in [-0.15, -0.1) is 0 Å². The van der Waals surface area contributed by atoms with Gasteiger partial charge in [-0.05, 0) is 40.2 Å². The molecule has 0 atom stereocenters. The van der Waals surface area contributed by atoms with Gasteiger partial charge in [0.05, 0.1) is 30.6 Å². The molecule has 0 aliphatic carbocycles. The van der Waals surface area contributed by atoms with E-state index in [1.54, 1.807) is 12.3 Å². The number of carbonyl (C=O) groups excluding carboxylic acids is 1. The summed E-state index contributed by atoms with van der Waals surface area (Å²) in [4.78, 5) is 16.1. The summed E-state index contributed by atoms with van der Waals surface area (Å²) in [6.45, 7) is 0.519. The van der Waals surface area contributed by atoms with E-state index in [4.69, 9.17) is 4.74 Å². The van der Waals surface area contributed by atoms with Gasteiger partial charge in [0.15, 0.2) is 0 Å². The van der Waals surface area contributed by atoms with E-state index in [-0.39, 0.29) is 0 Å². The number of aromatic nitrogens is 1. The maximum atomic E-state index is 11.8. The Morgan fingerprint density at radius 1 is 1.35 bits per heavy atom. The van der Waals surface area contributed by atoms with E-state index in [2.05, 4.69) is 42.2 Å². The van der Waals surface area contributed by atoms with Gasteiger partial charge in [-0.1, -0.05) is 22.0 Å². The van der Waals surface area contributed by atoms with Gasteiger partial charge in [-0.2, -0.15) is 0 Å². The van der Waals surface area contributed by atoms with Crippen LogP contribution in [0.1, 0.15) is 16.1 Å². The lowest BCUT2D eigenvalue weighted by Crippen LogP contribution is -2.09. The molecule has 0 aliphatic heterocycles. The molecule has 2 rings (SSSR count). The van der Waals surface area contributed by atoms with Crippen LogP contribution >= 0.6 is 31.9 Å². The van der Waals surface area contributed by atoms with Crippen LogP contribution in [0, 0.1) is 0 Å². The van der Waals surface area contributed by atoms with Gasteiger partial charge < -0.3 is 10.1 Å². The fraction of sp³-hybridized carbons (Fsp3) is 0.143. The number of nitrogens with zero attached hydrogens (tertiary/aromatic N) is 1. The number of nitrogens with one attached hydrogen (secondary N) is 1. The summed E-state index contributed by atoms with van der Waals surface area (Å²) in [5.74, 6) is -0.393. The van der Waals surface area contributed by atoms with Crippen LogP contribution < -0.4 is 5.32 Å².